The molecule has 6 rings (SSSR count). The lowest BCUT2D eigenvalue weighted by Gasteiger charge is -2.69. The van der Waals surface area contributed by atoms with E-state index < -0.39 is 5.60 Å². The lowest BCUT2D eigenvalue weighted by molar-refractivity contribution is -0.494. The highest BCUT2D eigenvalue weighted by molar-refractivity contribution is 5.66. The van der Waals surface area contributed by atoms with Gasteiger partial charge in [-0.25, -0.2) is 9.78 Å². The first kappa shape index (κ1) is 19.7. The Morgan fingerprint density at radius 3 is 2.66 bits per heavy atom. The summed E-state index contributed by atoms with van der Waals surface area (Å²) >= 11 is 0. The van der Waals surface area contributed by atoms with Crippen LogP contribution >= 0.6 is 0 Å². The average Bonchev–Trinajstić information content (AvgIpc) is 3.05. The van der Waals surface area contributed by atoms with Gasteiger partial charge in [0.2, 0.25) is 0 Å². The van der Waals surface area contributed by atoms with Crippen molar-refractivity contribution in [3.8, 4) is 0 Å². The number of allylic oxidation sites excluding steroid dienone is 1. The molecule has 3 saturated carbocycles. The van der Waals surface area contributed by atoms with E-state index in [-0.39, 0.29) is 34.4 Å². The van der Waals surface area contributed by atoms with E-state index in [4.69, 9.17) is 14.5 Å². The summed E-state index contributed by atoms with van der Waals surface area (Å²) in [5.41, 5.74) is 0.687. The van der Waals surface area contributed by atoms with Gasteiger partial charge in [0.25, 0.3) is 0 Å². The predicted molar refractivity (Wildman–Crippen MR) is 107 cm³/mol. The van der Waals surface area contributed by atoms with Crippen molar-refractivity contribution in [3.05, 3.63) is 11.6 Å². The molecule has 6 aliphatic rings. The summed E-state index contributed by atoms with van der Waals surface area (Å²) in [4.78, 5) is 35.8. The van der Waals surface area contributed by atoms with Gasteiger partial charge in [-0.05, 0) is 61.9 Å². The van der Waals surface area contributed by atoms with Crippen molar-refractivity contribution in [2.75, 3.05) is 0 Å². The van der Waals surface area contributed by atoms with Crippen LogP contribution in [-0.4, -0.2) is 29.6 Å². The predicted octanol–water partition coefficient (Wildman–Crippen LogP) is 4.54. The van der Waals surface area contributed by atoms with E-state index in [0.717, 1.165) is 51.2 Å². The molecule has 160 valence electrons. The van der Waals surface area contributed by atoms with E-state index in [1.807, 2.05) is 0 Å². The van der Waals surface area contributed by atoms with Gasteiger partial charge in [0.05, 0.1) is 0 Å². The summed E-state index contributed by atoms with van der Waals surface area (Å²) in [6.07, 6.45) is 11.1. The summed E-state index contributed by atoms with van der Waals surface area (Å²) < 4.78 is 5.57. The van der Waals surface area contributed by atoms with Gasteiger partial charge in [-0.2, -0.15) is 0 Å². The van der Waals surface area contributed by atoms with Crippen LogP contribution in [0.2, 0.25) is 0 Å². The smallest absolute Gasteiger partial charge is 0.302 e. The van der Waals surface area contributed by atoms with Crippen molar-refractivity contribution in [3.63, 3.8) is 0 Å². The molecule has 0 radical (unpaired) electrons. The largest absolute Gasteiger partial charge is 0.462 e. The van der Waals surface area contributed by atoms with Gasteiger partial charge in [0.1, 0.15) is 23.6 Å². The molecule has 2 saturated heterocycles. The molecule has 0 aromatic rings. The number of rotatable bonds is 3. The number of carbonyl (C=O) groups excluding carboxylic acids is 2. The Morgan fingerprint density at radius 1 is 1.21 bits per heavy atom. The highest BCUT2D eigenvalue weighted by atomic mass is 17.2. The zero-order chi connectivity index (χ0) is 20.7. The molecular formula is C24H34O5. The van der Waals surface area contributed by atoms with E-state index in [2.05, 4.69) is 26.8 Å². The number of hydrogen-bond acceptors (Lipinski definition) is 5. The standard InChI is InChI=1S/C24H34O5/c1-15(14-25)18-5-6-19-21(18,3)9-8-20-22(4)10-7-17(27-16(2)26)13-23(22)11-12-24(19,20)29-28-23/h8,14-15,17-19H,5-7,9-13H2,1-4H3/t15-,17+,18-,19-,21+,22+,23+,24-/m0/s1. The molecule has 0 aromatic heterocycles. The quantitative estimate of drug-likeness (QED) is 0.300. The number of hydrogen-bond donors (Lipinski definition) is 0. The van der Waals surface area contributed by atoms with Gasteiger partial charge in [0.15, 0.2) is 0 Å². The van der Waals surface area contributed by atoms with Gasteiger partial charge in [-0.1, -0.05) is 26.8 Å². The van der Waals surface area contributed by atoms with Crippen molar-refractivity contribution < 1.29 is 24.1 Å². The Kier molecular flexibility index (Phi) is 4.20. The fraction of sp³-hybridized carbons (Fsp3) is 0.833. The van der Waals surface area contributed by atoms with Crippen LogP contribution in [0.25, 0.3) is 0 Å². The molecule has 0 unspecified atom stereocenters. The van der Waals surface area contributed by atoms with Crippen LogP contribution in [-0.2, 0) is 24.1 Å². The molecule has 4 aliphatic carbocycles. The van der Waals surface area contributed by atoms with Gasteiger partial charge in [0, 0.05) is 30.6 Å². The number of carbonyl (C=O) groups is 2. The second-order valence-electron chi connectivity index (χ2n) is 10.9. The van der Waals surface area contributed by atoms with E-state index >= 15 is 0 Å². The molecule has 5 nitrogen and oxygen atoms in total. The molecule has 2 bridgehead atoms. The van der Waals surface area contributed by atoms with Crippen LogP contribution in [0.15, 0.2) is 11.6 Å². The first-order chi connectivity index (χ1) is 13.7. The average molecular weight is 403 g/mol. The van der Waals surface area contributed by atoms with E-state index in [0.29, 0.717) is 18.3 Å². The molecule has 2 spiro atoms. The summed E-state index contributed by atoms with van der Waals surface area (Å²) in [7, 11) is 0. The molecule has 8 atom stereocenters. The molecule has 0 aromatic carbocycles. The summed E-state index contributed by atoms with van der Waals surface area (Å²) in [6, 6.07) is 0. The van der Waals surface area contributed by atoms with Crippen molar-refractivity contribution in [2.24, 2.45) is 28.6 Å². The van der Waals surface area contributed by atoms with Gasteiger partial charge < -0.3 is 9.53 Å². The minimum Gasteiger partial charge on any atom is -0.462 e. The van der Waals surface area contributed by atoms with Crippen LogP contribution in [0, 0.1) is 28.6 Å². The van der Waals surface area contributed by atoms with Crippen LogP contribution in [0.1, 0.15) is 79.1 Å². The number of ether oxygens (including phenoxy) is 1. The number of esters is 1. The molecular weight excluding hydrogens is 368 g/mol. The molecule has 5 heteroatoms. The lowest BCUT2D eigenvalue weighted by Crippen LogP contribution is -2.71. The van der Waals surface area contributed by atoms with Crippen molar-refractivity contribution >= 4 is 12.3 Å². The Bertz CT molecular complexity index is 763. The fourth-order valence-corrected chi connectivity index (χ4v) is 8.29. The first-order valence-corrected chi connectivity index (χ1v) is 11.4. The van der Waals surface area contributed by atoms with E-state index in [1.54, 1.807) is 0 Å². The minimum atomic E-state index is -0.402. The van der Waals surface area contributed by atoms with Gasteiger partial charge >= 0.3 is 5.97 Å². The fourth-order valence-electron chi connectivity index (χ4n) is 8.29. The third-order valence-corrected chi connectivity index (χ3v) is 9.73. The number of fused-ring (bicyclic) bond motifs is 3. The van der Waals surface area contributed by atoms with Crippen LogP contribution in [0.5, 0.6) is 0 Å². The Morgan fingerprint density at radius 2 is 2.00 bits per heavy atom. The lowest BCUT2D eigenvalue weighted by atomic mass is 9.44. The van der Waals surface area contributed by atoms with Crippen LogP contribution in [0.3, 0.4) is 0 Å². The Hall–Kier alpha value is -1.20. The van der Waals surface area contributed by atoms with Crippen molar-refractivity contribution in [1.29, 1.82) is 0 Å². The second kappa shape index (κ2) is 6.16. The van der Waals surface area contributed by atoms with Crippen LogP contribution in [0.4, 0.5) is 0 Å². The van der Waals surface area contributed by atoms with Gasteiger partial charge in [-0.15, -0.1) is 0 Å². The maximum absolute atomic E-state index is 11.6. The van der Waals surface area contributed by atoms with Crippen molar-refractivity contribution in [2.45, 2.75) is 96.4 Å². The van der Waals surface area contributed by atoms with E-state index in [1.165, 1.54) is 12.5 Å². The third kappa shape index (κ3) is 2.35. The first-order valence-electron chi connectivity index (χ1n) is 11.4. The highest BCUT2D eigenvalue weighted by Gasteiger charge is 2.73. The summed E-state index contributed by atoms with van der Waals surface area (Å²) in [5, 5.41) is 0. The van der Waals surface area contributed by atoms with Crippen molar-refractivity contribution in [1.82, 2.24) is 0 Å². The second-order valence-corrected chi connectivity index (χ2v) is 10.9. The Balaban J connectivity index is 1.52. The summed E-state index contributed by atoms with van der Waals surface area (Å²) in [5.74, 6) is 0.662. The molecule has 0 amide bonds. The monoisotopic (exact) mass is 402 g/mol. The molecule has 0 N–H and O–H groups in total. The zero-order valence-corrected chi connectivity index (χ0v) is 18.2. The molecule has 2 aliphatic heterocycles. The normalized spacial score (nSPS) is 51.3. The molecule has 29 heavy (non-hydrogen) atoms. The zero-order valence-electron chi connectivity index (χ0n) is 18.2. The topological polar surface area (TPSA) is 61.8 Å². The third-order valence-electron chi connectivity index (χ3n) is 9.73. The molecule has 2 heterocycles. The SMILES string of the molecule is CC(=O)O[C@@H]1CC[C@]2(C)C3=CC[C@]4(C)[C@H]([C@@H](C)C=O)CC[C@@H]4[C@@]34CC[C@]2(C1)OO4. The van der Waals surface area contributed by atoms with Gasteiger partial charge in [-0.3, -0.25) is 4.79 Å². The summed E-state index contributed by atoms with van der Waals surface area (Å²) in [6.45, 7) is 8.28. The van der Waals surface area contributed by atoms with E-state index in [9.17, 15) is 9.59 Å². The highest BCUT2D eigenvalue weighted by Crippen LogP contribution is 2.73. The maximum Gasteiger partial charge on any atom is 0.302 e. The Labute approximate surface area is 173 Å². The molecule has 5 fully saturated rings. The minimum absolute atomic E-state index is 0.0736. The van der Waals surface area contributed by atoms with Crippen LogP contribution < -0.4 is 0 Å². The number of aldehydes is 1. The maximum atomic E-state index is 11.6.